The average Bonchev–Trinajstić information content (AvgIpc) is 3.03. The molecule has 0 unspecified atom stereocenters. The first-order chi connectivity index (χ1) is 11.6. The predicted molar refractivity (Wildman–Crippen MR) is 90.3 cm³/mol. The number of nitrogens with one attached hydrogen (secondary N) is 2. The largest absolute Gasteiger partial charge is 0.368 e. The molecule has 8 heteroatoms. The zero-order valence-electron chi connectivity index (χ0n) is 13.3. The van der Waals surface area contributed by atoms with Gasteiger partial charge < -0.3 is 9.88 Å². The average molecular weight is 326 g/mol. The van der Waals surface area contributed by atoms with Gasteiger partial charge in [-0.25, -0.2) is 14.3 Å². The maximum atomic E-state index is 12.1. The molecule has 0 atom stereocenters. The SMILES string of the molecule is CC1CCN(c2cc(-c3c[nH]c(=O)[nH]c3=O)nn3ccnc23)CC1. The Bertz CT molecular complexity index is 993. The number of aromatic amines is 2. The van der Waals surface area contributed by atoms with Crippen molar-refractivity contribution in [3.63, 3.8) is 0 Å². The third-order valence-corrected chi connectivity index (χ3v) is 4.56. The highest BCUT2D eigenvalue weighted by atomic mass is 16.2. The number of imidazole rings is 1. The summed E-state index contributed by atoms with van der Waals surface area (Å²) in [6.07, 6.45) is 7.11. The van der Waals surface area contributed by atoms with Gasteiger partial charge in [0.1, 0.15) is 5.69 Å². The molecule has 24 heavy (non-hydrogen) atoms. The number of fused-ring (bicyclic) bond motifs is 1. The van der Waals surface area contributed by atoms with E-state index in [4.69, 9.17) is 0 Å². The lowest BCUT2D eigenvalue weighted by Crippen LogP contribution is -2.33. The summed E-state index contributed by atoms with van der Waals surface area (Å²) in [5, 5.41) is 4.45. The van der Waals surface area contributed by atoms with Crippen LogP contribution in [0.2, 0.25) is 0 Å². The predicted octanol–water partition coefficient (Wildman–Crippen LogP) is 1.01. The van der Waals surface area contributed by atoms with Gasteiger partial charge >= 0.3 is 5.69 Å². The second-order valence-electron chi connectivity index (χ2n) is 6.27. The summed E-state index contributed by atoms with van der Waals surface area (Å²) in [4.78, 5) is 34.7. The van der Waals surface area contributed by atoms with Crippen molar-refractivity contribution in [2.45, 2.75) is 19.8 Å². The summed E-state index contributed by atoms with van der Waals surface area (Å²) < 4.78 is 1.67. The molecule has 0 aliphatic carbocycles. The second kappa shape index (κ2) is 5.63. The van der Waals surface area contributed by atoms with E-state index in [9.17, 15) is 9.59 Å². The maximum Gasteiger partial charge on any atom is 0.325 e. The Morgan fingerprint density at radius 1 is 1.25 bits per heavy atom. The molecule has 0 spiro atoms. The Kier molecular flexibility index (Phi) is 3.44. The molecule has 3 aromatic rings. The van der Waals surface area contributed by atoms with Crippen molar-refractivity contribution in [3.8, 4) is 11.3 Å². The molecule has 2 N–H and O–H groups in total. The van der Waals surface area contributed by atoms with Crippen LogP contribution in [0, 0.1) is 5.92 Å². The molecule has 0 amide bonds. The number of aromatic nitrogens is 5. The summed E-state index contributed by atoms with van der Waals surface area (Å²) in [5.41, 5.74) is 1.58. The molecule has 1 aliphatic rings. The molecule has 8 nitrogen and oxygen atoms in total. The number of hydrogen-bond acceptors (Lipinski definition) is 5. The fourth-order valence-electron chi connectivity index (χ4n) is 3.11. The number of rotatable bonds is 2. The van der Waals surface area contributed by atoms with Gasteiger partial charge in [-0.05, 0) is 24.8 Å². The van der Waals surface area contributed by atoms with Crippen molar-refractivity contribution >= 4 is 11.3 Å². The summed E-state index contributed by atoms with van der Waals surface area (Å²) in [6.45, 7) is 4.17. The van der Waals surface area contributed by atoms with E-state index in [2.05, 4.69) is 31.9 Å². The van der Waals surface area contributed by atoms with Gasteiger partial charge in [0, 0.05) is 31.7 Å². The molecular formula is C16H18N6O2. The van der Waals surface area contributed by atoms with Crippen LogP contribution in [0.15, 0.2) is 34.2 Å². The standard InChI is InChI=1S/C16H18N6O2/c1-10-2-5-21(6-3-10)13-8-12(20-22-7-4-17-14(13)22)11-9-18-16(24)19-15(11)23/h4,7-10H,2-3,5-6H2,1H3,(H2,18,19,23,24). The minimum absolute atomic E-state index is 0.330. The van der Waals surface area contributed by atoms with Crippen LogP contribution >= 0.6 is 0 Å². The molecule has 0 bridgehead atoms. The molecule has 1 aliphatic heterocycles. The van der Waals surface area contributed by atoms with Crippen LogP contribution in [0.25, 0.3) is 16.9 Å². The fraction of sp³-hybridized carbons (Fsp3) is 0.375. The number of H-pyrrole nitrogens is 2. The van der Waals surface area contributed by atoms with Crippen LogP contribution < -0.4 is 16.1 Å². The lowest BCUT2D eigenvalue weighted by Gasteiger charge is -2.32. The smallest absolute Gasteiger partial charge is 0.325 e. The Labute approximate surface area is 137 Å². The molecule has 124 valence electrons. The van der Waals surface area contributed by atoms with Crippen LogP contribution in [-0.4, -0.2) is 37.7 Å². The van der Waals surface area contributed by atoms with Gasteiger partial charge in [0.15, 0.2) is 5.65 Å². The fourth-order valence-corrected chi connectivity index (χ4v) is 3.11. The van der Waals surface area contributed by atoms with Crippen LogP contribution in [0.1, 0.15) is 19.8 Å². The Hall–Kier alpha value is -2.90. The number of anilines is 1. The highest BCUT2D eigenvalue weighted by Gasteiger charge is 2.20. The Morgan fingerprint density at radius 2 is 2.04 bits per heavy atom. The van der Waals surface area contributed by atoms with E-state index in [0.717, 1.165) is 43.2 Å². The lowest BCUT2D eigenvalue weighted by atomic mass is 9.99. The summed E-state index contributed by atoms with van der Waals surface area (Å²) >= 11 is 0. The van der Waals surface area contributed by atoms with E-state index >= 15 is 0 Å². The van der Waals surface area contributed by atoms with Crippen molar-refractivity contribution in [1.82, 2.24) is 24.6 Å². The first kappa shape index (κ1) is 14.7. The van der Waals surface area contributed by atoms with E-state index in [1.807, 2.05) is 6.07 Å². The molecule has 4 rings (SSSR count). The van der Waals surface area contributed by atoms with E-state index in [1.54, 1.807) is 16.9 Å². The number of piperidine rings is 1. The Morgan fingerprint density at radius 3 is 2.79 bits per heavy atom. The lowest BCUT2D eigenvalue weighted by molar-refractivity contribution is 0.438. The van der Waals surface area contributed by atoms with Crippen LogP contribution in [0.4, 0.5) is 5.69 Å². The van der Waals surface area contributed by atoms with E-state index in [0.29, 0.717) is 11.3 Å². The van der Waals surface area contributed by atoms with Gasteiger partial charge in [-0.3, -0.25) is 9.78 Å². The van der Waals surface area contributed by atoms with E-state index in [-0.39, 0.29) is 0 Å². The van der Waals surface area contributed by atoms with Gasteiger partial charge in [0.2, 0.25) is 0 Å². The normalized spacial score (nSPS) is 16.0. The molecule has 1 fully saturated rings. The second-order valence-corrected chi connectivity index (χ2v) is 6.27. The molecule has 3 aromatic heterocycles. The Balaban J connectivity index is 1.86. The summed E-state index contributed by atoms with van der Waals surface area (Å²) in [7, 11) is 0. The molecule has 0 aromatic carbocycles. The topological polar surface area (TPSA) is 99.2 Å². The molecule has 0 radical (unpaired) electrons. The zero-order chi connectivity index (χ0) is 16.7. The van der Waals surface area contributed by atoms with E-state index in [1.165, 1.54) is 6.20 Å². The van der Waals surface area contributed by atoms with Crippen molar-refractivity contribution in [2.75, 3.05) is 18.0 Å². The zero-order valence-corrected chi connectivity index (χ0v) is 13.3. The van der Waals surface area contributed by atoms with Crippen LogP contribution in [0.3, 0.4) is 0 Å². The molecule has 1 saturated heterocycles. The highest BCUT2D eigenvalue weighted by Crippen LogP contribution is 2.28. The van der Waals surface area contributed by atoms with Crippen molar-refractivity contribution in [3.05, 3.63) is 45.5 Å². The van der Waals surface area contributed by atoms with Crippen molar-refractivity contribution < 1.29 is 0 Å². The summed E-state index contributed by atoms with van der Waals surface area (Å²) in [5.74, 6) is 0.723. The number of nitrogens with zero attached hydrogens (tertiary/aromatic N) is 4. The minimum Gasteiger partial charge on any atom is -0.368 e. The molecular weight excluding hydrogens is 308 g/mol. The van der Waals surface area contributed by atoms with Gasteiger partial charge in [-0.2, -0.15) is 5.10 Å². The maximum absolute atomic E-state index is 12.1. The van der Waals surface area contributed by atoms with Crippen molar-refractivity contribution in [2.24, 2.45) is 5.92 Å². The highest BCUT2D eigenvalue weighted by molar-refractivity contribution is 5.74. The van der Waals surface area contributed by atoms with E-state index < -0.39 is 11.2 Å². The summed E-state index contributed by atoms with van der Waals surface area (Å²) in [6, 6.07) is 1.88. The third kappa shape index (κ3) is 2.49. The van der Waals surface area contributed by atoms with Crippen molar-refractivity contribution in [1.29, 1.82) is 0 Å². The first-order valence-electron chi connectivity index (χ1n) is 8.03. The monoisotopic (exact) mass is 326 g/mol. The van der Waals surface area contributed by atoms with Crippen LogP contribution in [0.5, 0.6) is 0 Å². The van der Waals surface area contributed by atoms with Gasteiger partial charge in [0.05, 0.1) is 11.3 Å². The third-order valence-electron chi connectivity index (χ3n) is 4.56. The van der Waals surface area contributed by atoms with Gasteiger partial charge in [-0.15, -0.1) is 0 Å². The molecule has 0 saturated carbocycles. The van der Waals surface area contributed by atoms with Crippen LogP contribution in [-0.2, 0) is 0 Å². The van der Waals surface area contributed by atoms with Gasteiger partial charge in [-0.1, -0.05) is 6.92 Å². The minimum atomic E-state index is -0.530. The van der Waals surface area contributed by atoms with Gasteiger partial charge in [0.25, 0.3) is 5.56 Å². The number of hydrogen-bond donors (Lipinski definition) is 2. The molecule has 4 heterocycles. The quantitative estimate of drug-likeness (QED) is 0.732. The first-order valence-corrected chi connectivity index (χ1v) is 8.03.